The number of hydrogen-bond acceptors (Lipinski definition) is 4. The van der Waals surface area contributed by atoms with Gasteiger partial charge >= 0.3 is 0 Å². The third-order valence-corrected chi connectivity index (χ3v) is 16.0. The molecule has 3 aromatic heterocycles. The zero-order chi connectivity index (χ0) is 51.9. The van der Waals surface area contributed by atoms with Gasteiger partial charge < -0.3 is 5.11 Å². The van der Waals surface area contributed by atoms with Crippen molar-refractivity contribution in [1.29, 1.82) is 0 Å². The lowest BCUT2D eigenvalue weighted by atomic mass is 9.71. The average molecular weight is 971 g/mol. The first-order valence-corrected chi connectivity index (χ1v) is 26.7. The number of aromatic nitrogens is 4. The van der Waals surface area contributed by atoms with E-state index in [2.05, 4.69) is 238 Å². The molecule has 0 unspecified atom stereocenters. The molecular formula is C69H70N4O. The molecule has 0 spiro atoms. The van der Waals surface area contributed by atoms with Crippen molar-refractivity contribution in [2.45, 2.75) is 124 Å². The van der Waals surface area contributed by atoms with Gasteiger partial charge in [-0.1, -0.05) is 185 Å². The van der Waals surface area contributed by atoms with E-state index in [4.69, 9.17) is 15.0 Å². The van der Waals surface area contributed by atoms with Crippen LogP contribution in [0.5, 0.6) is 5.75 Å². The zero-order valence-corrected chi connectivity index (χ0v) is 45.2. The maximum atomic E-state index is 12.7. The van der Waals surface area contributed by atoms with E-state index < -0.39 is 0 Å². The molecule has 1 fully saturated rings. The van der Waals surface area contributed by atoms with Crippen molar-refractivity contribution in [2.75, 3.05) is 0 Å². The summed E-state index contributed by atoms with van der Waals surface area (Å²) < 4.78 is 2.30. The summed E-state index contributed by atoms with van der Waals surface area (Å²) in [6.07, 6.45) is 7.00. The molecule has 0 radical (unpaired) electrons. The number of imidazole rings is 1. The summed E-state index contributed by atoms with van der Waals surface area (Å²) in [5.74, 6) is 1.54. The molecule has 0 aliphatic heterocycles. The lowest BCUT2D eigenvalue weighted by molar-refractivity contribution is 0.224. The minimum Gasteiger partial charge on any atom is -0.507 e. The van der Waals surface area contributed by atoms with Crippen LogP contribution >= 0.6 is 0 Å². The molecule has 10 aromatic rings. The Bertz CT molecular complexity index is 3740. The van der Waals surface area contributed by atoms with Crippen molar-refractivity contribution in [3.8, 4) is 67.6 Å². The largest absolute Gasteiger partial charge is 0.507 e. The predicted molar refractivity (Wildman–Crippen MR) is 312 cm³/mol. The van der Waals surface area contributed by atoms with E-state index in [0.29, 0.717) is 22.7 Å². The van der Waals surface area contributed by atoms with Gasteiger partial charge in [-0.3, -0.25) is 9.55 Å². The van der Waals surface area contributed by atoms with Gasteiger partial charge in [0.15, 0.2) is 0 Å². The van der Waals surface area contributed by atoms with E-state index in [0.717, 1.165) is 88.7 Å². The highest BCUT2D eigenvalue weighted by Crippen LogP contribution is 2.48. The SMILES string of the molecule is CC1(C)CCC(c2ccc(-c3ccnc(-c4ccc5c(-c6ccccc6)nc6ccc7c(nc(-c8cc(C(C)(C)C)cc(C(C)(C)C)c8O)n7-c7ccc(C(C)(C)C)cc7-c7ccccc7)c6c5c4)c3)cc2)CC1. The maximum absolute atomic E-state index is 12.7. The summed E-state index contributed by atoms with van der Waals surface area (Å²) in [6, 6.07) is 57.1. The molecule has 1 aliphatic carbocycles. The van der Waals surface area contributed by atoms with Crippen LogP contribution in [0.15, 0.2) is 164 Å². The summed E-state index contributed by atoms with van der Waals surface area (Å²) in [4.78, 5) is 16.3. The molecule has 0 saturated heterocycles. The van der Waals surface area contributed by atoms with Gasteiger partial charge in [0.2, 0.25) is 0 Å². The fourth-order valence-electron chi connectivity index (χ4n) is 11.3. The first-order chi connectivity index (χ1) is 35.2. The van der Waals surface area contributed by atoms with Crippen LogP contribution in [-0.4, -0.2) is 24.6 Å². The van der Waals surface area contributed by atoms with E-state index in [1.165, 1.54) is 42.4 Å². The molecule has 3 heterocycles. The molecule has 372 valence electrons. The Hall–Kier alpha value is -7.37. The van der Waals surface area contributed by atoms with Crippen LogP contribution in [0.2, 0.25) is 0 Å². The third kappa shape index (κ3) is 9.09. The summed E-state index contributed by atoms with van der Waals surface area (Å²) >= 11 is 0. The standard InChI is InChI=1S/C69H70N4O/c1-66(2,3)50-27-30-59(53(40-50)46-18-14-12-15-19-46)73-60-31-29-57-61(63(60)72-65(73)55-41-51(67(4,5)6)42-56(64(55)74)68(7,8)9)54-38-49(26-28-52(54)62(71-57)47-20-16-13-17-21-47)58-39-48(34-37-70-58)44-24-22-43(23-25-44)45-32-35-69(10,11)36-33-45/h12-31,34,37-42,45,74H,32-33,35-36H2,1-11H3. The van der Waals surface area contributed by atoms with Crippen LogP contribution in [0.4, 0.5) is 0 Å². The summed E-state index contributed by atoms with van der Waals surface area (Å²) in [5.41, 5.74) is 17.1. The van der Waals surface area contributed by atoms with Gasteiger partial charge in [-0.2, -0.15) is 0 Å². The number of pyridine rings is 2. The maximum Gasteiger partial charge on any atom is 0.149 e. The molecule has 0 atom stereocenters. The third-order valence-electron chi connectivity index (χ3n) is 16.0. The molecule has 1 saturated carbocycles. The van der Waals surface area contributed by atoms with Gasteiger partial charge in [-0.25, -0.2) is 9.97 Å². The molecule has 11 rings (SSSR count). The predicted octanol–water partition coefficient (Wildman–Crippen LogP) is 18.7. The average Bonchev–Trinajstić information content (AvgIpc) is 3.78. The minimum atomic E-state index is -0.348. The van der Waals surface area contributed by atoms with E-state index >= 15 is 0 Å². The second-order valence-corrected chi connectivity index (χ2v) is 24.9. The number of phenols is 1. The summed E-state index contributed by atoms with van der Waals surface area (Å²) in [7, 11) is 0. The first kappa shape index (κ1) is 48.9. The molecule has 7 aromatic carbocycles. The number of aromatic hydroxyl groups is 1. The molecule has 5 nitrogen and oxygen atoms in total. The van der Waals surface area contributed by atoms with Crippen molar-refractivity contribution in [2.24, 2.45) is 5.41 Å². The van der Waals surface area contributed by atoms with Crippen molar-refractivity contribution in [3.05, 3.63) is 186 Å². The fourth-order valence-corrected chi connectivity index (χ4v) is 11.3. The number of fused-ring (bicyclic) bond motifs is 5. The Balaban J connectivity index is 1.18. The molecule has 0 amide bonds. The van der Waals surface area contributed by atoms with Gasteiger partial charge in [-0.15, -0.1) is 0 Å². The molecule has 5 heteroatoms. The van der Waals surface area contributed by atoms with Gasteiger partial charge in [0, 0.05) is 39.2 Å². The second-order valence-electron chi connectivity index (χ2n) is 24.9. The number of benzene rings is 7. The number of rotatable bonds is 7. The Kier molecular flexibility index (Phi) is 12.0. The lowest BCUT2D eigenvalue weighted by Gasteiger charge is -2.34. The highest BCUT2D eigenvalue weighted by atomic mass is 16.3. The second kappa shape index (κ2) is 18.2. The Morgan fingerprint density at radius 3 is 1.85 bits per heavy atom. The van der Waals surface area contributed by atoms with E-state index in [1.54, 1.807) is 0 Å². The van der Waals surface area contributed by atoms with Crippen LogP contribution in [-0.2, 0) is 16.2 Å². The monoisotopic (exact) mass is 971 g/mol. The first-order valence-electron chi connectivity index (χ1n) is 26.7. The van der Waals surface area contributed by atoms with Crippen LogP contribution in [0, 0.1) is 5.41 Å². The van der Waals surface area contributed by atoms with Crippen molar-refractivity contribution in [1.82, 2.24) is 19.5 Å². The highest BCUT2D eigenvalue weighted by molar-refractivity contribution is 6.21. The molecule has 74 heavy (non-hydrogen) atoms. The normalized spacial score (nSPS) is 14.6. The summed E-state index contributed by atoms with van der Waals surface area (Å²) in [6.45, 7) is 24.9. The number of nitrogens with zero attached hydrogens (tertiary/aromatic N) is 4. The van der Waals surface area contributed by atoms with Crippen molar-refractivity contribution in [3.63, 3.8) is 0 Å². The van der Waals surface area contributed by atoms with Gasteiger partial charge in [0.05, 0.1) is 39.2 Å². The highest BCUT2D eigenvalue weighted by Gasteiger charge is 2.31. The minimum absolute atomic E-state index is 0.0941. The molecular weight excluding hydrogens is 901 g/mol. The molecule has 1 N–H and O–H groups in total. The van der Waals surface area contributed by atoms with Crippen LogP contribution in [0.3, 0.4) is 0 Å². The number of phenolic OH excluding ortho intramolecular Hbond substituents is 1. The van der Waals surface area contributed by atoms with Crippen LogP contribution < -0.4 is 0 Å². The van der Waals surface area contributed by atoms with Gasteiger partial charge in [-0.05, 0) is 141 Å². The fraction of sp³-hybridized carbons (Fsp3) is 0.290. The van der Waals surface area contributed by atoms with E-state index in [1.807, 2.05) is 6.20 Å². The van der Waals surface area contributed by atoms with Crippen LogP contribution in [0.1, 0.15) is 130 Å². The van der Waals surface area contributed by atoms with E-state index in [-0.39, 0.29) is 22.0 Å². The van der Waals surface area contributed by atoms with E-state index in [9.17, 15) is 5.11 Å². The Morgan fingerprint density at radius 1 is 0.541 bits per heavy atom. The number of hydrogen-bond donors (Lipinski definition) is 1. The molecule has 1 aliphatic rings. The quantitative estimate of drug-likeness (QED) is 0.162. The van der Waals surface area contributed by atoms with Crippen molar-refractivity contribution < 1.29 is 5.11 Å². The topological polar surface area (TPSA) is 63.8 Å². The zero-order valence-electron chi connectivity index (χ0n) is 45.2. The van der Waals surface area contributed by atoms with Crippen LogP contribution in [0.25, 0.3) is 94.6 Å². The van der Waals surface area contributed by atoms with Crippen molar-refractivity contribution >= 4 is 32.7 Å². The summed E-state index contributed by atoms with van der Waals surface area (Å²) in [5, 5.41) is 15.8. The lowest BCUT2D eigenvalue weighted by Crippen LogP contribution is -2.20. The van der Waals surface area contributed by atoms with Gasteiger partial charge in [0.25, 0.3) is 0 Å². The molecule has 0 bridgehead atoms. The van der Waals surface area contributed by atoms with Gasteiger partial charge in [0.1, 0.15) is 11.6 Å². The smallest absolute Gasteiger partial charge is 0.149 e. The Labute approximate surface area is 438 Å². The Morgan fingerprint density at radius 2 is 1.19 bits per heavy atom.